The van der Waals surface area contributed by atoms with Gasteiger partial charge in [-0.2, -0.15) is 0 Å². The van der Waals surface area contributed by atoms with Crippen molar-refractivity contribution in [3.63, 3.8) is 0 Å². The number of nitrogens with one attached hydrogen (secondary N) is 2. The number of hydrogen-bond acceptors (Lipinski definition) is 6. The number of H-pyrrole nitrogens is 1. The van der Waals surface area contributed by atoms with Crippen molar-refractivity contribution in [2.45, 2.75) is 25.5 Å². The van der Waals surface area contributed by atoms with E-state index in [-0.39, 0.29) is 23.7 Å². The van der Waals surface area contributed by atoms with E-state index in [1.165, 1.54) is 0 Å². The van der Waals surface area contributed by atoms with Gasteiger partial charge >= 0.3 is 0 Å². The lowest BCUT2D eigenvalue weighted by Crippen LogP contribution is -2.56. The summed E-state index contributed by atoms with van der Waals surface area (Å²) in [6.07, 6.45) is 1.93. The summed E-state index contributed by atoms with van der Waals surface area (Å²) in [6.45, 7) is 7.66. The van der Waals surface area contributed by atoms with E-state index in [9.17, 15) is 4.79 Å². The van der Waals surface area contributed by atoms with E-state index in [0.29, 0.717) is 30.4 Å². The normalized spacial score (nSPS) is 22.3. The van der Waals surface area contributed by atoms with E-state index in [0.717, 1.165) is 61.6 Å². The molecule has 6 rings (SSSR count). The molecule has 0 bridgehead atoms. The second-order valence-corrected chi connectivity index (χ2v) is 9.74. The summed E-state index contributed by atoms with van der Waals surface area (Å²) < 4.78 is 26.9. The quantitative estimate of drug-likeness (QED) is 0.566. The first-order valence-electron chi connectivity index (χ1n) is 12.3. The average Bonchev–Trinajstić information content (AvgIpc) is 3.47. The van der Waals surface area contributed by atoms with Crippen molar-refractivity contribution < 1.29 is 18.7 Å². The van der Waals surface area contributed by atoms with Gasteiger partial charge in [-0.25, -0.2) is 9.37 Å². The zero-order chi connectivity index (χ0) is 23.9. The maximum absolute atomic E-state index is 15.3. The summed E-state index contributed by atoms with van der Waals surface area (Å²) in [5, 5.41) is 2.86. The number of anilines is 1. The fourth-order valence-electron chi connectivity index (χ4n) is 5.23. The van der Waals surface area contributed by atoms with E-state index < -0.39 is 0 Å². The second kappa shape index (κ2) is 9.13. The highest BCUT2D eigenvalue weighted by Crippen LogP contribution is 2.34. The highest BCUT2D eigenvalue weighted by Gasteiger charge is 2.30. The van der Waals surface area contributed by atoms with E-state index in [4.69, 9.17) is 9.47 Å². The Balaban J connectivity index is 1.22. The number of rotatable bonds is 6. The number of imidazole rings is 1. The lowest BCUT2D eigenvalue weighted by atomic mass is 10.0. The van der Waals surface area contributed by atoms with E-state index in [1.54, 1.807) is 12.4 Å². The van der Waals surface area contributed by atoms with Crippen LogP contribution in [0.3, 0.4) is 0 Å². The van der Waals surface area contributed by atoms with Crippen LogP contribution < -0.4 is 15.0 Å². The van der Waals surface area contributed by atoms with E-state index in [1.807, 2.05) is 31.2 Å². The molecule has 0 unspecified atom stereocenters. The van der Waals surface area contributed by atoms with Crippen LogP contribution in [0.25, 0.3) is 22.2 Å². The minimum atomic E-state index is -0.223. The molecule has 2 N–H and O–H groups in total. The SMILES string of the molecule is C[C@@H](Oc1cc(-c2ccc(N3CCN(C4COC4)CC3)c(F)c2)cc2[nH]cnc12)[C@H]1CNC(=O)C1. The summed E-state index contributed by atoms with van der Waals surface area (Å²) in [5.74, 6) is 0.567. The Hall–Kier alpha value is -3.17. The van der Waals surface area contributed by atoms with Gasteiger partial charge in [0.05, 0.1) is 36.8 Å². The Morgan fingerprint density at radius 3 is 2.66 bits per heavy atom. The van der Waals surface area contributed by atoms with E-state index in [2.05, 4.69) is 25.1 Å². The van der Waals surface area contributed by atoms with Crippen LogP contribution in [0.5, 0.6) is 5.75 Å². The number of benzene rings is 2. The standard InChI is InChI=1S/C26H30FN5O3/c1-16(19-11-25(33)28-12-19)35-24-10-18(9-22-26(24)30-15-29-22)17-2-3-23(21(27)8-17)32-6-4-31(5-7-32)20-13-34-14-20/h2-3,8-10,15-16,19-20H,4-7,11-14H2,1H3,(H,28,33)(H,29,30)/t16-,19-/m1/s1. The van der Waals surface area contributed by atoms with Crippen LogP contribution >= 0.6 is 0 Å². The highest BCUT2D eigenvalue weighted by molar-refractivity contribution is 5.87. The molecule has 1 amide bonds. The van der Waals surface area contributed by atoms with Crippen molar-refractivity contribution in [2.75, 3.05) is 50.8 Å². The molecule has 1 aromatic heterocycles. The number of ether oxygens (including phenoxy) is 2. The van der Waals surface area contributed by atoms with Crippen LogP contribution in [0.2, 0.25) is 0 Å². The van der Waals surface area contributed by atoms with Crippen LogP contribution in [-0.4, -0.2) is 78.9 Å². The Kier molecular flexibility index (Phi) is 5.82. The summed E-state index contributed by atoms with van der Waals surface area (Å²) in [7, 11) is 0. The van der Waals surface area contributed by atoms with Gasteiger partial charge in [0.15, 0.2) is 0 Å². The molecule has 9 heteroatoms. The first kappa shape index (κ1) is 22.3. The molecule has 4 heterocycles. The molecule has 3 aliphatic rings. The molecule has 0 aliphatic carbocycles. The number of aromatic amines is 1. The average molecular weight is 480 g/mol. The summed E-state index contributed by atoms with van der Waals surface area (Å²) in [6, 6.07) is 9.85. The number of halogens is 1. The predicted octanol–water partition coefficient (Wildman–Crippen LogP) is 2.79. The molecule has 3 aliphatic heterocycles. The molecule has 0 spiro atoms. The molecule has 0 saturated carbocycles. The zero-order valence-corrected chi connectivity index (χ0v) is 19.8. The van der Waals surface area contributed by atoms with Gasteiger partial charge in [0.2, 0.25) is 5.91 Å². The van der Waals surface area contributed by atoms with Crippen molar-refractivity contribution >= 4 is 22.6 Å². The number of piperazine rings is 1. The summed E-state index contributed by atoms with van der Waals surface area (Å²) >= 11 is 0. The number of amides is 1. The van der Waals surface area contributed by atoms with Crippen LogP contribution in [0.4, 0.5) is 10.1 Å². The largest absolute Gasteiger partial charge is 0.488 e. The van der Waals surface area contributed by atoms with Crippen molar-refractivity contribution in [1.82, 2.24) is 20.2 Å². The van der Waals surface area contributed by atoms with Gasteiger partial charge in [-0.1, -0.05) is 6.07 Å². The molecular weight excluding hydrogens is 449 g/mol. The maximum Gasteiger partial charge on any atom is 0.220 e. The number of fused-ring (bicyclic) bond motifs is 1. The third kappa shape index (κ3) is 4.34. The van der Waals surface area contributed by atoms with Crippen LogP contribution in [0, 0.1) is 11.7 Å². The van der Waals surface area contributed by atoms with Gasteiger partial charge in [0.1, 0.15) is 23.2 Å². The Bertz CT molecular complexity index is 1230. The van der Waals surface area contributed by atoms with Crippen molar-refractivity contribution in [2.24, 2.45) is 5.92 Å². The molecule has 0 radical (unpaired) electrons. The molecule has 35 heavy (non-hydrogen) atoms. The number of hydrogen-bond donors (Lipinski definition) is 2. The number of aromatic nitrogens is 2. The lowest BCUT2D eigenvalue weighted by Gasteiger charge is -2.43. The van der Waals surface area contributed by atoms with Crippen LogP contribution in [0.1, 0.15) is 13.3 Å². The van der Waals surface area contributed by atoms with Crippen LogP contribution in [0.15, 0.2) is 36.7 Å². The molecule has 8 nitrogen and oxygen atoms in total. The number of carbonyl (C=O) groups is 1. The highest BCUT2D eigenvalue weighted by atomic mass is 19.1. The zero-order valence-electron chi connectivity index (χ0n) is 19.8. The molecule has 184 valence electrons. The first-order valence-corrected chi connectivity index (χ1v) is 12.3. The van der Waals surface area contributed by atoms with Gasteiger partial charge in [0, 0.05) is 45.1 Å². The fourth-order valence-corrected chi connectivity index (χ4v) is 5.23. The van der Waals surface area contributed by atoms with Crippen molar-refractivity contribution in [1.29, 1.82) is 0 Å². The third-order valence-corrected chi connectivity index (χ3v) is 7.55. The van der Waals surface area contributed by atoms with Gasteiger partial charge in [-0.05, 0) is 42.3 Å². The minimum Gasteiger partial charge on any atom is -0.488 e. The summed E-state index contributed by atoms with van der Waals surface area (Å²) in [5.41, 5.74) is 3.83. The third-order valence-electron chi connectivity index (χ3n) is 7.55. The van der Waals surface area contributed by atoms with Crippen LogP contribution in [-0.2, 0) is 9.53 Å². The monoisotopic (exact) mass is 479 g/mol. The van der Waals surface area contributed by atoms with Gasteiger partial charge in [-0.15, -0.1) is 0 Å². The van der Waals surface area contributed by atoms with Crippen molar-refractivity contribution in [3.05, 3.63) is 42.5 Å². The maximum atomic E-state index is 15.3. The number of nitrogens with zero attached hydrogens (tertiary/aromatic N) is 3. The molecular formula is C26H30FN5O3. The Morgan fingerprint density at radius 2 is 1.97 bits per heavy atom. The minimum absolute atomic E-state index is 0.0538. The van der Waals surface area contributed by atoms with Gasteiger partial charge in [-0.3, -0.25) is 9.69 Å². The Labute approximate surface area is 203 Å². The molecule has 2 atom stereocenters. The van der Waals surface area contributed by atoms with E-state index >= 15 is 4.39 Å². The molecule has 3 aromatic rings. The summed E-state index contributed by atoms with van der Waals surface area (Å²) in [4.78, 5) is 23.7. The van der Waals surface area contributed by atoms with Gasteiger partial charge < -0.3 is 24.7 Å². The van der Waals surface area contributed by atoms with Gasteiger partial charge in [0.25, 0.3) is 0 Å². The molecule has 3 saturated heterocycles. The topological polar surface area (TPSA) is 82.7 Å². The fraction of sp³-hybridized carbons (Fsp3) is 0.462. The smallest absolute Gasteiger partial charge is 0.220 e. The lowest BCUT2D eigenvalue weighted by molar-refractivity contribution is -0.119. The number of carbonyl (C=O) groups excluding carboxylic acids is 1. The van der Waals surface area contributed by atoms with Crippen molar-refractivity contribution in [3.8, 4) is 16.9 Å². The predicted molar refractivity (Wildman–Crippen MR) is 131 cm³/mol. The molecule has 2 aromatic carbocycles. The first-order chi connectivity index (χ1) is 17.0. The second-order valence-electron chi connectivity index (χ2n) is 9.74. The molecule has 3 fully saturated rings. The Morgan fingerprint density at radius 1 is 1.14 bits per heavy atom.